The van der Waals surface area contributed by atoms with Gasteiger partial charge in [0.25, 0.3) is 5.91 Å². The molecule has 182 valence electrons. The van der Waals surface area contributed by atoms with E-state index in [4.69, 9.17) is 4.74 Å². The van der Waals surface area contributed by atoms with Crippen LogP contribution in [0.3, 0.4) is 0 Å². The number of carbonyl (C=O) groups excluding carboxylic acids is 2. The molecule has 1 saturated heterocycles. The van der Waals surface area contributed by atoms with Gasteiger partial charge in [0, 0.05) is 16.7 Å². The molecule has 0 atom stereocenters. The maximum Gasteiger partial charge on any atom is 0.446 e. The van der Waals surface area contributed by atoms with Crippen molar-refractivity contribution in [3.05, 3.63) is 84.2 Å². The Kier molecular flexibility index (Phi) is 6.75. The van der Waals surface area contributed by atoms with E-state index in [9.17, 15) is 22.8 Å². The number of imide groups is 1. The van der Waals surface area contributed by atoms with Gasteiger partial charge in [-0.25, -0.2) is 9.69 Å². The van der Waals surface area contributed by atoms with Crippen molar-refractivity contribution in [3.63, 3.8) is 0 Å². The smallest absolute Gasteiger partial charge is 0.446 e. The summed E-state index contributed by atoms with van der Waals surface area (Å²) in [6, 6.07) is 15.9. The fraction of sp³-hybridized carbons (Fsp3) is 0.240. The van der Waals surface area contributed by atoms with E-state index in [2.05, 4.69) is 4.98 Å². The van der Waals surface area contributed by atoms with Gasteiger partial charge >= 0.3 is 11.5 Å². The minimum absolute atomic E-state index is 0.0338. The topological polar surface area (TPSA) is 62.7 Å². The number of benzene rings is 2. The number of rotatable bonds is 7. The molecule has 35 heavy (non-hydrogen) atoms. The third-order valence-corrected chi connectivity index (χ3v) is 6.33. The van der Waals surface area contributed by atoms with Crippen LogP contribution in [-0.2, 0) is 17.9 Å². The standard InChI is InChI=1S/C25H22F3N3O3S/c1-24(2)22(32)31(19-8-10-20(11-9-19)35-25(26,27)28)23(33)30(24)15-18-12-13-29-14-21(18)34-16-17-6-4-3-5-7-17/h3-14H,15-16H2,1-2H3. The van der Waals surface area contributed by atoms with Gasteiger partial charge in [0.1, 0.15) is 17.9 Å². The first-order valence-electron chi connectivity index (χ1n) is 10.7. The Morgan fingerprint density at radius 1 is 1.00 bits per heavy atom. The minimum atomic E-state index is -4.43. The van der Waals surface area contributed by atoms with Crippen LogP contribution in [0.2, 0.25) is 0 Å². The molecule has 0 radical (unpaired) electrons. The van der Waals surface area contributed by atoms with Crippen molar-refractivity contribution in [2.45, 2.75) is 42.9 Å². The van der Waals surface area contributed by atoms with Crippen LogP contribution in [0, 0.1) is 0 Å². The largest absolute Gasteiger partial charge is 0.487 e. The van der Waals surface area contributed by atoms with E-state index in [0.717, 1.165) is 10.5 Å². The number of hydrogen-bond acceptors (Lipinski definition) is 5. The highest BCUT2D eigenvalue weighted by Gasteiger charge is 2.52. The number of amides is 3. The van der Waals surface area contributed by atoms with Gasteiger partial charge in [0.15, 0.2) is 0 Å². The van der Waals surface area contributed by atoms with E-state index < -0.39 is 23.0 Å². The first kappa shape index (κ1) is 24.6. The molecule has 0 spiro atoms. The third-order valence-electron chi connectivity index (χ3n) is 5.59. The summed E-state index contributed by atoms with van der Waals surface area (Å²) in [6.45, 7) is 3.66. The fourth-order valence-corrected chi connectivity index (χ4v) is 4.24. The highest BCUT2D eigenvalue weighted by molar-refractivity contribution is 8.00. The molecule has 0 bridgehead atoms. The second kappa shape index (κ2) is 9.61. The van der Waals surface area contributed by atoms with Crippen LogP contribution in [-0.4, -0.2) is 32.9 Å². The van der Waals surface area contributed by atoms with Crippen LogP contribution < -0.4 is 9.64 Å². The number of alkyl halides is 3. The molecule has 1 fully saturated rings. The Bertz CT molecular complexity index is 1220. The van der Waals surface area contributed by atoms with Crippen molar-refractivity contribution in [3.8, 4) is 5.75 Å². The van der Waals surface area contributed by atoms with Gasteiger partial charge in [0.2, 0.25) is 0 Å². The van der Waals surface area contributed by atoms with Crippen LogP contribution in [0.5, 0.6) is 5.75 Å². The molecule has 10 heteroatoms. The summed E-state index contributed by atoms with van der Waals surface area (Å²) < 4.78 is 43.8. The van der Waals surface area contributed by atoms with E-state index >= 15 is 0 Å². The maximum atomic E-state index is 13.3. The molecule has 2 heterocycles. The third kappa shape index (κ3) is 5.43. The van der Waals surface area contributed by atoms with Crippen molar-refractivity contribution in [1.82, 2.24) is 9.88 Å². The Balaban J connectivity index is 1.54. The summed E-state index contributed by atoms with van der Waals surface area (Å²) in [5.74, 6) is 0.0129. The molecule has 6 nitrogen and oxygen atoms in total. The van der Waals surface area contributed by atoms with Gasteiger partial charge < -0.3 is 9.64 Å². The first-order valence-corrected chi connectivity index (χ1v) is 11.5. The summed E-state index contributed by atoms with van der Waals surface area (Å²) in [6.07, 6.45) is 3.14. The predicted molar refractivity (Wildman–Crippen MR) is 126 cm³/mol. The monoisotopic (exact) mass is 501 g/mol. The zero-order valence-electron chi connectivity index (χ0n) is 19.0. The van der Waals surface area contributed by atoms with Crippen molar-refractivity contribution in [1.29, 1.82) is 0 Å². The summed E-state index contributed by atoms with van der Waals surface area (Å²) in [4.78, 5) is 33.0. The van der Waals surface area contributed by atoms with Gasteiger partial charge in [-0.1, -0.05) is 30.3 Å². The highest BCUT2D eigenvalue weighted by Crippen LogP contribution is 2.39. The van der Waals surface area contributed by atoms with E-state index in [-0.39, 0.29) is 28.9 Å². The normalized spacial score (nSPS) is 15.6. The minimum Gasteiger partial charge on any atom is -0.487 e. The van der Waals surface area contributed by atoms with Crippen molar-refractivity contribution < 1.29 is 27.5 Å². The second-order valence-electron chi connectivity index (χ2n) is 8.37. The van der Waals surface area contributed by atoms with Crippen LogP contribution in [0.1, 0.15) is 25.0 Å². The van der Waals surface area contributed by atoms with Gasteiger partial charge in [-0.05, 0) is 61.5 Å². The molecule has 0 unspecified atom stereocenters. The molecule has 3 aromatic rings. The fourth-order valence-electron chi connectivity index (χ4n) is 3.70. The maximum absolute atomic E-state index is 13.3. The summed E-state index contributed by atoms with van der Waals surface area (Å²) in [5, 5.41) is 0. The van der Waals surface area contributed by atoms with Crippen LogP contribution >= 0.6 is 11.8 Å². The molecule has 0 N–H and O–H groups in total. The number of thioether (sulfide) groups is 1. The molecule has 1 aliphatic heterocycles. The second-order valence-corrected chi connectivity index (χ2v) is 9.51. The molecule has 3 amide bonds. The SMILES string of the molecule is CC1(C)C(=O)N(c2ccc(SC(F)(F)F)cc2)C(=O)N1Cc1ccncc1OCc1ccccc1. The lowest BCUT2D eigenvalue weighted by atomic mass is 10.0. The zero-order chi connectivity index (χ0) is 25.2. The molecule has 4 rings (SSSR count). The average Bonchev–Trinajstić information content (AvgIpc) is 2.98. The van der Waals surface area contributed by atoms with E-state index in [1.54, 1.807) is 32.3 Å². The van der Waals surface area contributed by atoms with Crippen molar-refractivity contribution in [2.75, 3.05) is 4.90 Å². The van der Waals surface area contributed by atoms with Crippen LogP contribution in [0.15, 0.2) is 78.0 Å². The van der Waals surface area contributed by atoms with Gasteiger partial charge in [-0.2, -0.15) is 13.2 Å². The average molecular weight is 502 g/mol. The lowest BCUT2D eigenvalue weighted by molar-refractivity contribution is -0.123. The number of carbonyl (C=O) groups is 2. The zero-order valence-corrected chi connectivity index (χ0v) is 19.8. The summed E-state index contributed by atoms with van der Waals surface area (Å²) in [5.41, 5.74) is -3.77. The van der Waals surface area contributed by atoms with Gasteiger partial charge in [-0.3, -0.25) is 9.78 Å². The lowest BCUT2D eigenvalue weighted by Gasteiger charge is -2.28. The highest BCUT2D eigenvalue weighted by atomic mass is 32.2. The molecule has 1 aromatic heterocycles. The molecule has 0 saturated carbocycles. The Morgan fingerprint density at radius 3 is 2.34 bits per heavy atom. The van der Waals surface area contributed by atoms with E-state index in [0.29, 0.717) is 17.9 Å². The predicted octanol–water partition coefficient (Wildman–Crippen LogP) is 6.02. The summed E-state index contributed by atoms with van der Waals surface area (Å²) >= 11 is -0.258. The number of pyridine rings is 1. The molecular weight excluding hydrogens is 479 g/mol. The number of ether oxygens (including phenoxy) is 1. The summed E-state index contributed by atoms with van der Waals surface area (Å²) in [7, 11) is 0. The van der Waals surface area contributed by atoms with Crippen molar-refractivity contribution >= 4 is 29.4 Å². The number of hydrogen-bond donors (Lipinski definition) is 0. The van der Waals surface area contributed by atoms with Crippen LogP contribution in [0.25, 0.3) is 0 Å². The van der Waals surface area contributed by atoms with E-state index in [1.807, 2.05) is 30.3 Å². The van der Waals surface area contributed by atoms with Crippen LogP contribution in [0.4, 0.5) is 23.7 Å². The Hall–Kier alpha value is -3.53. The van der Waals surface area contributed by atoms with Gasteiger partial charge in [0.05, 0.1) is 18.4 Å². The number of anilines is 1. The molecular formula is C25H22F3N3O3S. The number of nitrogens with zero attached hydrogens (tertiary/aromatic N) is 3. The lowest BCUT2D eigenvalue weighted by Crippen LogP contribution is -2.43. The van der Waals surface area contributed by atoms with Crippen molar-refractivity contribution in [2.24, 2.45) is 0 Å². The quantitative estimate of drug-likeness (QED) is 0.293. The Labute approximate surface area is 204 Å². The number of aromatic nitrogens is 1. The molecule has 1 aliphatic rings. The molecule has 2 aromatic carbocycles. The Morgan fingerprint density at radius 2 is 1.69 bits per heavy atom. The van der Waals surface area contributed by atoms with Gasteiger partial charge in [-0.15, -0.1) is 0 Å². The number of urea groups is 1. The first-order chi connectivity index (χ1) is 16.6. The number of halogens is 3. The van der Waals surface area contributed by atoms with E-state index in [1.165, 1.54) is 29.2 Å². The molecule has 0 aliphatic carbocycles.